The lowest BCUT2D eigenvalue weighted by Crippen LogP contribution is -2.32. The van der Waals surface area contributed by atoms with Crippen molar-refractivity contribution in [1.82, 2.24) is 10.3 Å². The topological polar surface area (TPSA) is 77.5 Å². The normalized spacial score (nSPS) is 18.3. The van der Waals surface area contributed by atoms with E-state index >= 15 is 0 Å². The van der Waals surface area contributed by atoms with E-state index in [9.17, 15) is 9.59 Å². The Morgan fingerprint density at radius 2 is 2.47 bits per heavy atom. The summed E-state index contributed by atoms with van der Waals surface area (Å²) in [6.45, 7) is 3.25. The lowest BCUT2D eigenvalue weighted by atomic mass is 10.2. The summed E-state index contributed by atoms with van der Waals surface area (Å²) in [5, 5.41) is 4.50. The maximum absolute atomic E-state index is 11.8. The summed E-state index contributed by atoms with van der Waals surface area (Å²) >= 11 is 1.11. The van der Waals surface area contributed by atoms with Gasteiger partial charge in [0, 0.05) is 18.5 Å². The molecule has 0 aliphatic carbocycles. The standard InChI is InChI=1S/C12H16N2O4S/c1-2-17-12(16)11-14-9(7-19-11)10(15)13-6-8-4-3-5-18-8/h7-8H,2-6H2,1H3,(H,13,15). The summed E-state index contributed by atoms with van der Waals surface area (Å²) in [5.41, 5.74) is 0.242. The minimum atomic E-state index is -0.495. The highest BCUT2D eigenvalue weighted by Gasteiger charge is 2.19. The number of hydrogen-bond acceptors (Lipinski definition) is 6. The van der Waals surface area contributed by atoms with Crippen molar-refractivity contribution in [2.24, 2.45) is 0 Å². The minimum absolute atomic E-state index is 0.0899. The highest BCUT2D eigenvalue weighted by molar-refractivity contribution is 7.11. The molecular formula is C12H16N2O4S. The van der Waals surface area contributed by atoms with Crippen LogP contribution in [0.15, 0.2) is 5.38 Å². The van der Waals surface area contributed by atoms with E-state index in [0.717, 1.165) is 30.8 Å². The molecule has 1 N–H and O–H groups in total. The van der Waals surface area contributed by atoms with E-state index in [2.05, 4.69) is 10.3 Å². The molecule has 6 nitrogen and oxygen atoms in total. The molecule has 1 aliphatic rings. The summed E-state index contributed by atoms with van der Waals surface area (Å²) in [6.07, 6.45) is 2.09. The van der Waals surface area contributed by atoms with Crippen LogP contribution in [0.4, 0.5) is 0 Å². The van der Waals surface area contributed by atoms with Gasteiger partial charge in [-0.2, -0.15) is 0 Å². The van der Waals surface area contributed by atoms with Gasteiger partial charge in [0.05, 0.1) is 12.7 Å². The third-order valence-electron chi connectivity index (χ3n) is 2.70. The number of carbonyl (C=O) groups is 2. The quantitative estimate of drug-likeness (QED) is 0.823. The molecule has 2 rings (SSSR count). The number of aromatic nitrogens is 1. The predicted molar refractivity (Wildman–Crippen MR) is 69.4 cm³/mol. The second-order valence-electron chi connectivity index (χ2n) is 4.10. The lowest BCUT2D eigenvalue weighted by molar-refractivity contribution is 0.0526. The van der Waals surface area contributed by atoms with Crippen LogP contribution in [0, 0.1) is 0 Å². The van der Waals surface area contributed by atoms with Crippen LogP contribution in [-0.4, -0.2) is 42.7 Å². The number of nitrogens with one attached hydrogen (secondary N) is 1. The largest absolute Gasteiger partial charge is 0.461 e. The van der Waals surface area contributed by atoms with E-state index in [-0.39, 0.29) is 22.7 Å². The fourth-order valence-electron chi connectivity index (χ4n) is 1.77. The maximum Gasteiger partial charge on any atom is 0.367 e. The molecule has 0 spiro atoms. The first kappa shape index (κ1) is 14.0. The molecule has 0 saturated carbocycles. The molecule has 2 heterocycles. The minimum Gasteiger partial charge on any atom is -0.461 e. The molecule has 1 aliphatic heterocycles. The Morgan fingerprint density at radius 3 is 3.16 bits per heavy atom. The first-order valence-corrected chi connectivity index (χ1v) is 7.11. The van der Waals surface area contributed by atoms with Gasteiger partial charge in [0.1, 0.15) is 5.69 Å². The summed E-state index contributed by atoms with van der Waals surface area (Å²) in [5.74, 6) is -0.784. The van der Waals surface area contributed by atoms with E-state index in [1.807, 2.05) is 0 Å². The van der Waals surface area contributed by atoms with Crippen molar-refractivity contribution in [1.29, 1.82) is 0 Å². The van der Waals surface area contributed by atoms with Crippen LogP contribution >= 0.6 is 11.3 Å². The van der Waals surface area contributed by atoms with Crippen molar-refractivity contribution in [2.75, 3.05) is 19.8 Å². The van der Waals surface area contributed by atoms with E-state index in [4.69, 9.17) is 9.47 Å². The van der Waals surface area contributed by atoms with Crippen molar-refractivity contribution < 1.29 is 19.1 Å². The Bertz CT molecular complexity index is 454. The highest BCUT2D eigenvalue weighted by atomic mass is 32.1. The highest BCUT2D eigenvalue weighted by Crippen LogP contribution is 2.13. The van der Waals surface area contributed by atoms with Crippen molar-refractivity contribution in [3.05, 3.63) is 16.1 Å². The molecule has 0 bridgehead atoms. The molecule has 1 atom stereocenters. The molecule has 19 heavy (non-hydrogen) atoms. The van der Waals surface area contributed by atoms with Crippen LogP contribution < -0.4 is 5.32 Å². The molecule has 1 saturated heterocycles. The first-order chi connectivity index (χ1) is 9.20. The SMILES string of the molecule is CCOC(=O)c1nc(C(=O)NCC2CCCO2)cs1. The predicted octanol–water partition coefficient (Wildman–Crippen LogP) is 1.23. The van der Waals surface area contributed by atoms with Crippen molar-refractivity contribution in [2.45, 2.75) is 25.9 Å². The maximum atomic E-state index is 11.8. The van der Waals surface area contributed by atoms with Gasteiger partial charge in [-0.1, -0.05) is 0 Å². The van der Waals surface area contributed by atoms with Crippen LogP contribution in [0.3, 0.4) is 0 Å². The molecule has 7 heteroatoms. The number of nitrogens with zero attached hydrogens (tertiary/aromatic N) is 1. The summed E-state index contributed by atoms with van der Waals surface area (Å²) < 4.78 is 10.2. The Kier molecular flexibility index (Phi) is 4.86. The molecule has 104 valence electrons. The number of amides is 1. The summed E-state index contributed by atoms with van der Waals surface area (Å²) in [4.78, 5) is 27.2. The Labute approximate surface area is 115 Å². The fourth-order valence-corrected chi connectivity index (χ4v) is 2.46. The smallest absolute Gasteiger partial charge is 0.367 e. The second-order valence-corrected chi connectivity index (χ2v) is 4.96. The molecule has 0 aromatic carbocycles. The van der Waals surface area contributed by atoms with E-state index in [1.165, 1.54) is 0 Å². The molecule has 0 radical (unpaired) electrons. The third kappa shape index (κ3) is 3.74. The van der Waals surface area contributed by atoms with Gasteiger partial charge in [0.2, 0.25) is 5.01 Å². The fraction of sp³-hybridized carbons (Fsp3) is 0.583. The number of rotatable bonds is 5. The average Bonchev–Trinajstić information content (AvgIpc) is 3.07. The lowest BCUT2D eigenvalue weighted by Gasteiger charge is -2.09. The van der Waals surface area contributed by atoms with Crippen molar-refractivity contribution in [3.8, 4) is 0 Å². The monoisotopic (exact) mass is 284 g/mol. The van der Waals surface area contributed by atoms with Gasteiger partial charge in [-0.05, 0) is 19.8 Å². The van der Waals surface area contributed by atoms with Crippen molar-refractivity contribution in [3.63, 3.8) is 0 Å². The van der Waals surface area contributed by atoms with E-state index in [1.54, 1.807) is 12.3 Å². The zero-order chi connectivity index (χ0) is 13.7. The molecular weight excluding hydrogens is 268 g/mol. The van der Waals surface area contributed by atoms with Crippen LogP contribution in [-0.2, 0) is 9.47 Å². The number of carbonyl (C=O) groups excluding carboxylic acids is 2. The molecule has 1 aromatic heterocycles. The number of hydrogen-bond donors (Lipinski definition) is 1. The first-order valence-electron chi connectivity index (χ1n) is 6.23. The third-order valence-corrected chi connectivity index (χ3v) is 3.52. The van der Waals surface area contributed by atoms with E-state index in [0.29, 0.717) is 13.2 Å². The van der Waals surface area contributed by atoms with Gasteiger partial charge in [-0.25, -0.2) is 9.78 Å². The number of ether oxygens (including phenoxy) is 2. The van der Waals surface area contributed by atoms with Gasteiger partial charge >= 0.3 is 5.97 Å². The Hall–Kier alpha value is -1.47. The number of thiazole rings is 1. The van der Waals surface area contributed by atoms with Crippen LogP contribution in [0.2, 0.25) is 0 Å². The zero-order valence-corrected chi connectivity index (χ0v) is 11.5. The molecule has 1 unspecified atom stereocenters. The number of esters is 1. The van der Waals surface area contributed by atoms with Gasteiger partial charge in [0.25, 0.3) is 5.91 Å². The van der Waals surface area contributed by atoms with E-state index < -0.39 is 5.97 Å². The Morgan fingerprint density at radius 1 is 1.63 bits per heavy atom. The Balaban J connectivity index is 1.86. The summed E-state index contributed by atoms with van der Waals surface area (Å²) in [6, 6.07) is 0. The van der Waals surface area contributed by atoms with Gasteiger partial charge in [-0.15, -0.1) is 11.3 Å². The molecule has 1 amide bonds. The van der Waals surface area contributed by atoms with Crippen LogP contribution in [0.25, 0.3) is 0 Å². The summed E-state index contributed by atoms with van der Waals surface area (Å²) in [7, 11) is 0. The van der Waals surface area contributed by atoms with Crippen molar-refractivity contribution >= 4 is 23.2 Å². The van der Waals surface area contributed by atoms with Crippen LogP contribution in [0.5, 0.6) is 0 Å². The second kappa shape index (κ2) is 6.63. The van der Waals surface area contributed by atoms with Gasteiger partial charge in [0.15, 0.2) is 0 Å². The van der Waals surface area contributed by atoms with Gasteiger partial charge in [-0.3, -0.25) is 4.79 Å². The zero-order valence-electron chi connectivity index (χ0n) is 10.7. The molecule has 1 aromatic rings. The average molecular weight is 284 g/mol. The van der Waals surface area contributed by atoms with Gasteiger partial charge < -0.3 is 14.8 Å². The van der Waals surface area contributed by atoms with Crippen LogP contribution in [0.1, 0.15) is 40.1 Å². The molecule has 1 fully saturated rings.